The number of hydrogen-bond donors (Lipinski definition) is 2. The SMILES string of the molecule is Cc1ccccc1-c1cnc(NC(=O)N2CCN(CCO)CC2)s1. The second-order valence-corrected chi connectivity index (χ2v) is 6.86. The maximum absolute atomic E-state index is 12.4. The lowest BCUT2D eigenvalue weighted by Gasteiger charge is -2.34. The number of benzene rings is 1. The van der Waals surface area contributed by atoms with Crippen molar-refractivity contribution in [2.45, 2.75) is 6.92 Å². The third-order valence-electron chi connectivity index (χ3n) is 4.21. The number of nitrogens with zero attached hydrogens (tertiary/aromatic N) is 3. The van der Waals surface area contributed by atoms with Crippen molar-refractivity contribution < 1.29 is 9.90 Å². The van der Waals surface area contributed by atoms with Gasteiger partial charge in [0.1, 0.15) is 0 Å². The fourth-order valence-corrected chi connectivity index (χ4v) is 3.69. The Balaban J connectivity index is 1.59. The van der Waals surface area contributed by atoms with Gasteiger partial charge in [-0.25, -0.2) is 9.78 Å². The Morgan fingerprint density at radius 3 is 2.75 bits per heavy atom. The van der Waals surface area contributed by atoms with Gasteiger partial charge < -0.3 is 10.0 Å². The zero-order valence-electron chi connectivity index (χ0n) is 13.7. The molecule has 0 radical (unpaired) electrons. The molecule has 6 nitrogen and oxygen atoms in total. The molecule has 1 aromatic heterocycles. The van der Waals surface area contributed by atoms with Gasteiger partial charge in [0.15, 0.2) is 5.13 Å². The molecule has 3 rings (SSSR count). The molecule has 7 heteroatoms. The molecular weight excluding hydrogens is 324 g/mol. The van der Waals surface area contributed by atoms with E-state index in [0.717, 1.165) is 23.5 Å². The van der Waals surface area contributed by atoms with Gasteiger partial charge in [0, 0.05) is 38.9 Å². The van der Waals surface area contributed by atoms with Crippen LogP contribution in [-0.4, -0.2) is 65.3 Å². The topological polar surface area (TPSA) is 68.7 Å². The van der Waals surface area contributed by atoms with E-state index in [9.17, 15) is 4.79 Å². The number of aliphatic hydroxyl groups excluding tert-OH is 1. The molecule has 1 aliphatic rings. The molecular formula is C17H22N4O2S. The summed E-state index contributed by atoms with van der Waals surface area (Å²) in [5.41, 5.74) is 2.34. The fraction of sp³-hybridized carbons (Fsp3) is 0.412. The number of piperazine rings is 1. The van der Waals surface area contributed by atoms with Crippen LogP contribution in [0.25, 0.3) is 10.4 Å². The number of amides is 2. The van der Waals surface area contributed by atoms with E-state index < -0.39 is 0 Å². The highest BCUT2D eigenvalue weighted by Gasteiger charge is 2.21. The highest BCUT2D eigenvalue weighted by molar-refractivity contribution is 7.19. The van der Waals surface area contributed by atoms with Crippen LogP contribution in [0.5, 0.6) is 0 Å². The van der Waals surface area contributed by atoms with E-state index in [1.165, 1.54) is 16.9 Å². The molecule has 24 heavy (non-hydrogen) atoms. The zero-order valence-corrected chi connectivity index (χ0v) is 14.6. The standard InChI is InChI=1S/C17H22N4O2S/c1-13-4-2-3-5-14(13)15-12-18-16(24-15)19-17(23)21-8-6-20(7-9-21)10-11-22/h2-5,12,22H,6-11H2,1H3,(H,18,19,23). The van der Waals surface area contributed by atoms with Gasteiger partial charge in [-0.15, -0.1) is 0 Å². The molecule has 1 fully saturated rings. The maximum atomic E-state index is 12.4. The summed E-state index contributed by atoms with van der Waals surface area (Å²) in [5.74, 6) is 0. The number of hydrogen-bond acceptors (Lipinski definition) is 5. The molecule has 0 unspecified atom stereocenters. The van der Waals surface area contributed by atoms with Gasteiger partial charge in [-0.05, 0) is 18.1 Å². The van der Waals surface area contributed by atoms with E-state index >= 15 is 0 Å². The number of anilines is 1. The van der Waals surface area contributed by atoms with Gasteiger partial charge in [-0.1, -0.05) is 35.6 Å². The second-order valence-electron chi connectivity index (χ2n) is 5.83. The number of carbonyl (C=O) groups is 1. The Hall–Kier alpha value is -1.96. The van der Waals surface area contributed by atoms with E-state index in [-0.39, 0.29) is 12.6 Å². The first-order valence-electron chi connectivity index (χ1n) is 8.08. The van der Waals surface area contributed by atoms with E-state index in [1.54, 1.807) is 4.90 Å². The molecule has 1 aliphatic heterocycles. The largest absolute Gasteiger partial charge is 0.395 e. The minimum atomic E-state index is -0.107. The number of aliphatic hydroxyl groups is 1. The van der Waals surface area contributed by atoms with Gasteiger partial charge >= 0.3 is 6.03 Å². The lowest BCUT2D eigenvalue weighted by atomic mass is 10.1. The Morgan fingerprint density at radius 1 is 1.29 bits per heavy atom. The molecule has 0 atom stereocenters. The molecule has 2 N–H and O–H groups in total. The average molecular weight is 346 g/mol. The Morgan fingerprint density at radius 2 is 2.04 bits per heavy atom. The Kier molecular flexibility index (Phi) is 5.44. The van der Waals surface area contributed by atoms with Crippen LogP contribution in [0.2, 0.25) is 0 Å². The molecule has 0 spiro atoms. The fourth-order valence-electron chi connectivity index (χ4n) is 2.79. The van der Waals surface area contributed by atoms with Crippen molar-refractivity contribution in [3.8, 4) is 10.4 Å². The Labute approximate surface area is 145 Å². The number of aromatic nitrogens is 1. The van der Waals surface area contributed by atoms with Crippen molar-refractivity contribution in [2.24, 2.45) is 0 Å². The number of aryl methyl sites for hydroxylation is 1. The van der Waals surface area contributed by atoms with Gasteiger partial charge in [0.05, 0.1) is 11.5 Å². The third-order valence-corrected chi connectivity index (χ3v) is 5.15. The van der Waals surface area contributed by atoms with Crippen LogP contribution in [-0.2, 0) is 0 Å². The summed E-state index contributed by atoms with van der Waals surface area (Å²) in [7, 11) is 0. The molecule has 2 aromatic rings. The van der Waals surface area contributed by atoms with Crippen molar-refractivity contribution in [1.29, 1.82) is 0 Å². The molecule has 1 saturated heterocycles. The van der Waals surface area contributed by atoms with E-state index in [2.05, 4.69) is 34.3 Å². The van der Waals surface area contributed by atoms with E-state index in [0.29, 0.717) is 24.8 Å². The number of β-amino-alcohol motifs (C(OH)–C–C–N with tert-alkyl or cyclic N) is 1. The summed E-state index contributed by atoms with van der Waals surface area (Å²) in [5, 5.41) is 12.5. The van der Waals surface area contributed by atoms with Gasteiger partial charge in [0.25, 0.3) is 0 Å². The summed E-state index contributed by atoms with van der Waals surface area (Å²) >= 11 is 1.49. The molecule has 0 aliphatic carbocycles. The van der Waals surface area contributed by atoms with Gasteiger partial charge in [-0.2, -0.15) is 0 Å². The molecule has 128 valence electrons. The van der Waals surface area contributed by atoms with Crippen molar-refractivity contribution in [2.75, 3.05) is 44.6 Å². The number of rotatable bonds is 4. The summed E-state index contributed by atoms with van der Waals surface area (Å²) in [6.45, 7) is 5.82. The molecule has 1 aromatic carbocycles. The summed E-state index contributed by atoms with van der Waals surface area (Å²) in [6.07, 6.45) is 1.81. The third kappa shape index (κ3) is 3.92. The van der Waals surface area contributed by atoms with Crippen LogP contribution < -0.4 is 5.32 Å². The first kappa shape index (κ1) is 16.9. The first-order chi connectivity index (χ1) is 11.7. The lowest BCUT2D eigenvalue weighted by molar-refractivity contribution is 0.127. The van der Waals surface area contributed by atoms with Crippen molar-refractivity contribution in [3.05, 3.63) is 36.0 Å². The predicted molar refractivity (Wildman–Crippen MR) is 96.4 cm³/mol. The number of carbonyl (C=O) groups excluding carboxylic acids is 1. The predicted octanol–water partition coefficient (Wildman–Crippen LogP) is 2.26. The highest BCUT2D eigenvalue weighted by Crippen LogP contribution is 2.31. The average Bonchev–Trinajstić information content (AvgIpc) is 3.04. The molecule has 2 heterocycles. The quantitative estimate of drug-likeness (QED) is 0.891. The van der Waals surface area contributed by atoms with Crippen LogP contribution in [0, 0.1) is 6.92 Å². The van der Waals surface area contributed by atoms with Crippen molar-refractivity contribution in [3.63, 3.8) is 0 Å². The minimum Gasteiger partial charge on any atom is -0.395 e. The lowest BCUT2D eigenvalue weighted by Crippen LogP contribution is -2.50. The van der Waals surface area contributed by atoms with Crippen LogP contribution in [0.15, 0.2) is 30.5 Å². The summed E-state index contributed by atoms with van der Waals surface area (Å²) in [6, 6.07) is 8.04. The number of urea groups is 1. The molecule has 2 amide bonds. The van der Waals surface area contributed by atoms with Crippen LogP contribution >= 0.6 is 11.3 Å². The molecule has 0 bridgehead atoms. The van der Waals surface area contributed by atoms with Gasteiger partial charge in [-0.3, -0.25) is 10.2 Å². The highest BCUT2D eigenvalue weighted by atomic mass is 32.1. The molecule has 0 saturated carbocycles. The smallest absolute Gasteiger partial charge is 0.323 e. The minimum absolute atomic E-state index is 0.107. The first-order valence-corrected chi connectivity index (χ1v) is 8.90. The maximum Gasteiger partial charge on any atom is 0.323 e. The van der Waals surface area contributed by atoms with Crippen molar-refractivity contribution >= 4 is 22.5 Å². The van der Waals surface area contributed by atoms with Crippen LogP contribution in [0.4, 0.5) is 9.93 Å². The normalized spacial score (nSPS) is 15.5. The van der Waals surface area contributed by atoms with Gasteiger partial charge in [0.2, 0.25) is 0 Å². The van der Waals surface area contributed by atoms with E-state index in [4.69, 9.17) is 5.11 Å². The zero-order chi connectivity index (χ0) is 16.9. The van der Waals surface area contributed by atoms with Crippen LogP contribution in [0.3, 0.4) is 0 Å². The van der Waals surface area contributed by atoms with E-state index in [1.807, 2.05) is 18.3 Å². The summed E-state index contributed by atoms with van der Waals surface area (Å²) in [4.78, 5) is 21.7. The summed E-state index contributed by atoms with van der Waals surface area (Å²) < 4.78 is 0. The van der Waals surface area contributed by atoms with Crippen LogP contribution in [0.1, 0.15) is 5.56 Å². The Bertz CT molecular complexity index is 695. The second kappa shape index (κ2) is 7.74. The number of thiazole rings is 1. The monoisotopic (exact) mass is 346 g/mol. The van der Waals surface area contributed by atoms with Crippen molar-refractivity contribution in [1.82, 2.24) is 14.8 Å². The number of nitrogens with one attached hydrogen (secondary N) is 1.